The summed E-state index contributed by atoms with van der Waals surface area (Å²) >= 11 is 1.64. The van der Waals surface area contributed by atoms with Crippen molar-refractivity contribution in [2.75, 3.05) is 0 Å². The molecule has 4 heteroatoms. The maximum Gasteiger partial charge on any atom is 0.244 e. The average molecular weight is 246 g/mol. The predicted octanol–water partition coefficient (Wildman–Crippen LogP) is 2.71. The van der Waals surface area contributed by atoms with E-state index in [-0.39, 0.29) is 5.91 Å². The molecule has 0 aliphatic rings. The molecule has 0 saturated carbocycles. The van der Waals surface area contributed by atoms with Gasteiger partial charge in [0.25, 0.3) is 0 Å². The molecule has 2 rings (SSSR count). The Labute approximate surface area is 104 Å². The Balaban J connectivity index is 1.85. The van der Waals surface area contributed by atoms with Crippen molar-refractivity contribution >= 4 is 23.3 Å². The molecule has 2 aromatic rings. The molecule has 0 saturated heterocycles. The molecule has 0 atom stereocenters. The number of thiophene rings is 1. The van der Waals surface area contributed by atoms with Crippen molar-refractivity contribution in [3.05, 3.63) is 52.0 Å². The van der Waals surface area contributed by atoms with Crippen LogP contribution in [0.1, 0.15) is 16.0 Å². The van der Waals surface area contributed by atoms with Gasteiger partial charge in [0, 0.05) is 29.9 Å². The Bertz CT molecular complexity index is 511. The minimum atomic E-state index is -0.0704. The number of carbonyl (C=O) groups is 1. The summed E-state index contributed by atoms with van der Waals surface area (Å²) < 4.78 is 0. The predicted molar refractivity (Wildman–Crippen MR) is 70.7 cm³/mol. The Hall–Kier alpha value is -1.81. The molecule has 0 radical (unpaired) electrons. The first-order valence-electron chi connectivity index (χ1n) is 5.37. The van der Waals surface area contributed by atoms with E-state index in [0.29, 0.717) is 6.54 Å². The van der Waals surface area contributed by atoms with E-state index in [4.69, 9.17) is 0 Å². The molecule has 3 nitrogen and oxygen atoms in total. The smallest absolute Gasteiger partial charge is 0.244 e. The zero-order valence-corrected chi connectivity index (χ0v) is 10.4. The molecule has 0 spiro atoms. The quantitative estimate of drug-likeness (QED) is 0.800. The van der Waals surface area contributed by atoms with Crippen molar-refractivity contribution in [1.82, 2.24) is 10.3 Å². The first kappa shape index (κ1) is 11.7. The first-order valence-corrected chi connectivity index (χ1v) is 6.25. The summed E-state index contributed by atoms with van der Waals surface area (Å²) in [5.41, 5.74) is 2.27. The molecule has 0 unspecified atom stereocenters. The van der Waals surface area contributed by atoms with Crippen molar-refractivity contribution in [1.29, 1.82) is 0 Å². The minimum absolute atomic E-state index is 0.0704. The highest BCUT2D eigenvalue weighted by Crippen LogP contribution is 2.16. The summed E-state index contributed by atoms with van der Waals surface area (Å²) in [5.74, 6) is -0.0704. The number of carbonyl (C=O) groups excluding carboxylic acids is 1. The van der Waals surface area contributed by atoms with Gasteiger partial charge in [-0.3, -0.25) is 4.79 Å². The number of hydrogen-bond acceptors (Lipinski definition) is 2. The molecule has 0 aromatic carbocycles. The highest BCUT2D eigenvalue weighted by Gasteiger charge is 1.98. The zero-order chi connectivity index (χ0) is 12.1. The van der Waals surface area contributed by atoms with Gasteiger partial charge in [-0.1, -0.05) is 0 Å². The number of aromatic amines is 1. The van der Waals surface area contributed by atoms with Gasteiger partial charge in [-0.25, -0.2) is 0 Å². The second-order valence-corrected chi connectivity index (χ2v) is 4.69. The van der Waals surface area contributed by atoms with Gasteiger partial charge in [-0.2, -0.15) is 0 Å². The van der Waals surface area contributed by atoms with Crippen LogP contribution in [-0.2, 0) is 11.3 Å². The van der Waals surface area contributed by atoms with Crippen LogP contribution in [-0.4, -0.2) is 10.9 Å². The van der Waals surface area contributed by atoms with Crippen LogP contribution in [0.5, 0.6) is 0 Å². The maximum atomic E-state index is 11.5. The summed E-state index contributed by atoms with van der Waals surface area (Å²) in [6.07, 6.45) is 7.14. The Morgan fingerprint density at radius 1 is 1.53 bits per heavy atom. The highest BCUT2D eigenvalue weighted by molar-refractivity contribution is 7.11. The number of nitrogens with one attached hydrogen (secondary N) is 2. The Morgan fingerprint density at radius 2 is 2.41 bits per heavy atom. The molecular formula is C13H14N2OS. The normalized spacial score (nSPS) is 10.9. The summed E-state index contributed by atoms with van der Waals surface area (Å²) in [5, 5.41) is 4.85. The lowest BCUT2D eigenvalue weighted by molar-refractivity contribution is -0.116. The molecule has 2 heterocycles. The van der Waals surface area contributed by atoms with Gasteiger partial charge in [0.05, 0.1) is 0 Å². The standard InChI is InChI=1S/C13H14N2OS/c1-10-5-7-17-12(10)2-3-13(16)15-9-11-4-6-14-8-11/h2-8,14H,9H2,1H3,(H,15,16)/b3-2+. The van der Waals surface area contributed by atoms with Gasteiger partial charge < -0.3 is 10.3 Å². The highest BCUT2D eigenvalue weighted by atomic mass is 32.1. The lowest BCUT2D eigenvalue weighted by Gasteiger charge is -1.98. The van der Waals surface area contributed by atoms with E-state index in [1.54, 1.807) is 17.4 Å². The lowest BCUT2D eigenvalue weighted by atomic mass is 10.3. The number of amides is 1. The van der Waals surface area contributed by atoms with Gasteiger partial charge in [0.1, 0.15) is 0 Å². The van der Waals surface area contributed by atoms with Crippen molar-refractivity contribution < 1.29 is 4.79 Å². The Morgan fingerprint density at radius 3 is 3.06 bits per heavy atom. The zero-order valence-electron chi connectivity index (χ0n) is 9.57. The Kier molecular flexibility index (Phi) is 3.77. The third kappa shape index (κ3) is 3.32. The number of aromatic nitrogens is 1. The van der Waals surface area contributed by atoms with Crippen LogP contribution in [0, 0.1) is 6.92 Å². The van der Waals surface area contributed by atoms with E-state index in [1.807, 2.05) is 42.9 Å². The SMILES string of the molecule is Cc1ccsc1/C=C/C(=O)NCc1cc[nH]c1. The van der Waals surface area contributed by atoms with E-state index < -0.39 is 0 Å². The van der Waals surface area contributed by atoms with Crippen LogP contribution in [0.3, 0.4) is 0 Å². The van der Waals surface area contributed by atoms with Gasteiger partial charge in [0.2, 0.25) is 5.91 Å². The van der Waals surface area contributed by atoms with Crippen LogP contribution < -0.4 is 5.32 Å². The molecule has 0 aliphatic heterocycles. The van der Waals surface area contributed by atoms with Crippen molar-refractivity contribution in [3.63, 3.8) is 0 Å². The molecule has 2 aromatic heterocycles. The summed E-state index contributed by atoms with van der Waals surface area (Å²) in [7, 11) is 0. The maximum absolute atomic E-state index is 11.5. The molecule has 0 aliphatic carbocycles. The number of rotatable bonds is 4. The lowest BCUT2D eigenvalue weighted by Crippen LogP contribution is -2.19. The summed E-state index contributed by atoms with van der Waals surface area (Å²) in [6.45, 7) is 2.59. The van der Waals surface area contributed by atoms with E-state index in [0.717, 1.165) is 10.4 Å². The molecule has 2 N–H and O–H groups in total. The number of H-pyrrole nitrogens is 1. The third-order valence-corrected chi connectivity index (χ3v) is 3.40. The van der Waals surface area contributed by atoms with Gasteiger partial charge in [-0.15, -0.1) is 11.3 Å². The fourth-order valence-electron chi connectivity index (χ4n) is 1.42. The van der Waals surface area contributed by atoms with Crippen molar-refractivity contribution in [3.8, 4) is 0 Å². The number of hydrogen-bond donors (Lipinski definition) is 2. The minimum Gasteiger partial charge on any atom is -0.367 e. The van der Waals surface area contributed by atoms with Crippen molar-refractivity contribution in [2.24, 2.45) is 0 Å². The second kappa shape index (κ2) is 5.50. The van der Waals surface area contributed by atoms with Crippen LogP contribution in [0.4, 0.5) is 0 Å². The molecule has 0 fully saturated rings. The van der Waals surface area contributed by atoms with E-state index in [2.05, 4.69) is 10.3 Å². The first-order chi connectivity index (χ1) is 8.25. The molecule has 88 valence electrons. The van der Waals surface area contributed by atoms with Crippen LogP contribution >= 0.6 is 11.3 Å². The molecular weight excluding hydrogens is 232 g/mol. The fourth-order valence-corrected chi connectivity index (χ4v) is 2.24. The van der Waals surface area contributed by atoms with Gasteiger partial charge >= 0.3 is 0 Å². The monoisotopic (exact) mass is 246 g/mol. The largest absolute Gasteiger partial charge is 0.367 e. The average Bonchev–Trinajstić information content (AvgIpc) is 2.95. The molecule has 1 amide bonds. The fraction of sp³-hybridized carbons (Fsp3) is 0.154. The molecule has 0 bridgehead atoms. The van der Waals surface area contributed by atoms with Gasteiger partial charge in [0.15, 0.2) is 0 Å². The topological polar surface area (TPSA) is 44.9 Å². The van der Waals surface area contributed by atoms with Gasteiger partial charge in [-0.05, 0) is 41.6 Å². The van der Waals surface area contributed by atoms with E-state index >= 15 is 0 Å². The third-order valence-electron chi connectivity index (χ3n) is 2.42. The second-order valence-electron chi connectivity index (χ2n) is 3.74. The van der Waals surface area contributed by atoms with Crippen LogP contribution in [0.25, 0.3) is 6.08 Å². The van der Waals surface area contributed by atoms with E-state index in [1.165, 1.54) is 5.56 Å². The van der Waals surface area contributed by atoms with Crippen LogP contribution in [0.2, 0.25) is 0 Å². The number of aryl methyl sites for hydroxylation is 1. The summed E-state index contributed by atoms with van der Waals surface area (Å²) in [4.78, 5) is 15.6. The van der Waals surface area contributed by atoms with E-state index in [9.17, 15) is 4.79 Å². The summed E-state index contributed by atoms with van der Waals surface area (Å²) in [6, 6.07) is 3.98. The molecule has 17 heavy (non-hydrogen) atoms. The van der Waals surface area contributed by atoms with Crippen LogP contribution in [0.15, 0.2) is 36.0 Å². The van der Waals surface area contributed by atoms with Crippen molar-refractivity contribution in [2.45, 2.75) is 13.5 Å².